The molecule has 1 amide bonds. The number of carbonyl (C=O) groups excluding carboxylic acids is 2. The van der Waals surface area contributed by atoms with Gasteiger partial charge in [-0.1, -0.05) is 0 Å². The number of likely N-dealkylation sites (N-methyl/N-ethyl adjacent to an activating group) is 1. The second-order valence-electron chi connectivity index (χ2n) is 4.57. The highest BCUT2D eigenvalue weighted by Gasteiger charge is 2.27. The maximum atomic E-state index is 11.9. The van der Waals surface area contributed by atoms with Crippen LogP contribution in [-0.4, -0.2) is 74.1 Å². The number of esters is 1. The van der Waals surface area contributed by atoms with Crippen LogP contribution in [0.5, 0.6) is 0 Å². The number of carbonyl (C=O) groups is 2. The standard InChI is InChI=1S/C11H19N3O3/c1-13-3-5-14(6-4-13)10(15)8-12-9-2-7-17-11(9)16/h9,12H,2-8H2,1H3. The zero-order chi connectivity index (χ0) is 12.3. The summed E-state index contributed by atoms with van der Waals surface area (Å²) in [5, 5.41) is 2.96. The van der Waals surface area contributed by atoms with E-state index in [1.807, 2.05) is 4.90 Å². The first-order valence-electron chi connectivity index (χ1n) is 6.03. The van der Waals surface area contributed by atoms with E-state index in [1.165, 1.54) is 0 Å². The molecule has 0 aromatic carbocycles. The number of nitrogens with one attached hydrogen (secondary N) is 1. The van der Waals surface area contributed by atoms with Crippen molar-refractivity contribution in [1.29, 1.82) is 0 Å². The van der Waals surface area contributed by atoms with Crippen LogP contribution in [0.2, 0.25) is 0 Å². The lowest BCUT2D eigenvalue weighted by Gasteiger charge is -2.32. The highest BCUT2D eigenvalue weighted by atomic mass is 16.5. The van der Waals surface area contributed by atoms with E-state index in [4.69, 9.17) is 4.74 Å². The van der Waals surface area contributed by atoms with Gasteiger partial charge < -0.3 is 14.5 Å². The quantitative estimate of drug-likeness (QED) is 0.620. The minimum atomic E-state index is -0.300. The summed E-state index contributed by atoms with van der Waals surface area (Å²) in [4.78, 5) is 27.1. The average Bonchev–Trinajstić information content (AvgIpc) is 2.73. The molecule has 2 aliphatic heterocycles. The van der Waals surface area contributed by atoms with Gasteiger partial charge in [0.05, 0.1) is 13.2 Å². The number of hydrogen-bond acceptors (Lipinski definition) is 5. The Morgan fingerprint density at radius 3 is 2.71 bits per heavy atom. The number of amides is 1. The molecule has 6 heteroatoms. The number of hydrogen-bond donors (Lipinski definition) is 1. The van der Waals surface area contributed by atoms with Gasteiger partial charge >= 0.3 is 5.97 Å². The fraction of sp³-hybridized carbons (Fsp3) is 0.818. The predicted molar refractivity (Wildman–Crippen MR) is 61.4 cm³/mol. The van der Waals surface area contributed by atoms with E-state index >= 15 is 0 Å². The number of cyclic esters (lactones) is 1. The van der Waals surface area contributed by atoms with Gasteiger partial charge in [-0.3, -0.25) is 14.9 Å². The van der Waals surface area contributed by atoms with Crippen molar-refractivity contribution >= 4 is 11.9 Å². The number of piperazine rings is 1. The number of nitrogens with zero attached hydrogens (tertiary/aromatic N) is 2. The molecule has 0 radical (unpaired) electrons. The fourth-order valence-corrected chi connectivity index (χ4v) is 2.06. The first kappa shape index (κ1) is 12.3. The molecule has 2 rings (SSSR count). The highest BCUT2D eigenvalue weighted by molar-refractivity contribution is 5.81. The minimum absolute atomic E-state index is 0.0674. The lowest BCUT2D eigenvalue weighted by molar-refractivity contribution is -0.139. The van der Waals surface area contributed by atoms with Crippen LogP contribution in [0.3, 0.4) is 0 Å². The highest BCUT2D eigenvalue weighted by Crippen LogP contribution is 2.05. The van der Waals surface area contributed by atoms with Crippen molar-refractivity contribution in [2.75, 3.05) is 46.4 Å². The van der Waals surface area contributed by atoms with Gasteiger partial charge in [0.1, 0.15) is 6.04 Å². The maximum absolute atomic E-state index is 11.9. The van der Waals surface area contributed by atoms with Gasteiger partial charge in [-0.2, -0.15) is 0 Å². The fourth-order valence-electron chi connectivity index (χ4n) is 2.06. The first-order valence-corrected chi connectivity index (χ1v) is 6.03. The Labute approximate surface area is 101 Å². The third kappa shape index (κ3) is 3.17. The van der Waals surface area contributed by atoms with Crippen LogP contribution in [0.4, 0.5) is 0 Å². The molecule has 0 aromatic rings. The summed E-state index contributed by atoms with van der Waals surface area (Å²) in [7, 11) is 2.05. The van der Waals surface area contributed by atoms with E-state index < -0.39 is 0 Å². The van der Waals surface area contributed by atoms with Crippen LogP contribution in [0, 0.1) is 0 Å². The molecule has 1 unspecified atom stereocenters. The molecule has 2 heterocycles. The third-order valence-electron chi connectivity index (χ3n) is 3.29. The van der Waals surface area contributed by atoms with Crippen molar-refractivity contribution in [3.05, 3.63) is 0 Å². The van der Waals surface area contributed by atoms with Crippen LogP contribution in [-0.2, 0) is 14.3 Å². The lowest BCUT2D eigenvalue weighted by atomic mass is 10.2. The van der Waals surface area contributed by atoms with Gasteiger partial charge in [0.25, 0.3) is 0 Å². The van der Waals surface area contributed by atoms with E-state index in [1.54, 1.807) is 0 Å². The van der Waals surface area contributed by atoms with Crippen molar-refractivity contribution in [2.45, 2.75) is 12.5 Å². The molecular formula is C11H19N3O3. The second-order valence-corrected chi connectivity index (χ2v) is 4.57. The van der Waals surface area contributed by atoms with Crippen molar-refractivity contribution in [2.24, 2.45) is 0 Å². The summed E-state index contributed by atoms with van der Waals surface area (Å²) in [5.74, 6) is -0.172. The van der Waals surface area contributed by atoms with Gasteiger partial charge in [-0.25, -0.2) is 0 Å². The molecule has 0 spiro atoms. The Kier molecular flexibility index (Phi) is 3.96. The van der Waals surface area contributed by atoms with Crippen molar-refractivity contribution in [1.82, 2.24) is 15.1 Å². The van der Waals surface area contributed by atoms with E-state index in [-0.39, 0.29) is 24.5 Å². The summed E-state index contributed by atoms with van der Waals surface area (Å²) in [6, 6.07) is -0.300. The Hall–Kier alpha value is -1.14. The molecule has 0 bridgehead atoms. The molecule has 2 aliphatic rings. The summed E-state index contributed by atoms with van der Waals surface area (Å²) >= 11 is 0. The van der Waals surface area contributed by atoms with Crippen molar-refractivity contribution in [3.63, 3.8) is 0 Å². The van der Waals surface area contributed by atoms with Crippen LogP contribution >= 0.6 is 0 Å². The Balaban J connectivity index is 1.72. The molecule has 17 heavy (non-hydrogen) atoms. The van der Waals surface area contributed by atoms with E-state index in [0.717, 1.165) is 26.2 Å². The predicted octanol–water partition coefficient (Wildman–Crippen LogP) is -1.33. The van der Waals surface area contributed by atoms with Crippen LogP contribution in [0.15, 0.2) is 0 Å². The SMILES string of the molecule is CN1CCN(C(=O)CNC2CCOC2=O)CC1. The minimum Gasteiger partial charge on any atom is -0.464 e. The molecule has 6 nitrogen and oxygen atoms in total. The van der Waals surface area contributed by atoms with Crippen molar-refractivity contribution < 1.29 is 14.3 Å². The molecule has 0 aromatic heterocycles. The van der Waals surface area contributed by atoms with E-state index in [9.17, 15) is 9.59 Å². The third-order valence-corrected chi connectivity index (χ3v) is 3.29. The Morgan fingerprint density at radius 1 is 1.41 bits per heavy atom. The van der Waals surface area contributed by atoms with Gasteiger partial charge in [-0.05, 0) is 7.05 Å². The molecule has 2 saturated heterocycles. The monoisotopic (exact) mass is 241 g/mol. The lowest BCUT2D eigenvalue weighted by Crippen LogP contribution is -2.50. The smallest absolute Gasteiger partial charge is 0.323 e. The van der Waals surface area contributed by atoms with Gasteiger partial charge in [0.15, 0.2) is 0 Å². The summed E-state index contributed by atoms with van der Waals surface area (Å²) in [6.07, 6.45) is 0.662. The summed E-state index contributed by atoms with van der Waals surface area (Å²) in [5.41, 5.74) is 0. The Morgan fingerprint density at radius 2 is 2.12 bits per heavy atom. The van der Waals surface area contributed by atoms with Gasteiger partial charge in [-0.15, -0.1) is 0 Å². The topological polar surface area (TPSA) is 61.9 Å². The van der Waals surface area contributed by atoms with Crippen LogP contribution in [0.25, 0.3) is 0 Å². The average molecular weight is 241 g/mol. The molecule has 0 saturated carbocycles. The van der Waals surface area contributed by atoms with Gasteiger partial charge in [0.2, 0.25) is 5.91 Å². The zero-order valence-corrected chi connectivity index (χ0v) is 10.1. The Bertz CT molecular complexity index is 300. The van der Waals surface area contributed by atoms with Crippen LogP contribution < -0.4 is 5.32 Å². The first-order chi connectivity index (χ1) is 8.16. The van der Waals surface area contributed by atoms with E-state index in [2.05, 4.69) is 17.3 Å². The van der Waals surface area contributed by atoms with Crippen LogP contribution in [0.1, 0.15) is 6.42 Å². The largest absolute Gasteiger partial charge is 0.464 e. The van der Waals surface area contributed by atoms with E-state index in [0.29, 0.717) is 13.0 Å². The molecule has 2 fully saturated rings. The second kappa shape index (κ2) is 5.46. The normalized spacial score (nSPS) is 26.1. The van der Waals surface area contributed by atoms with Crippen molar-refractivity contribution in [3.8, 4) is 0 Å². The molecular weight excluding hydrogens is 222 g/mol. The number of ether oxygens (including phenoxy) is 1. The number of rotatable bonds is 3. The molecule has 0 aliphatic carbocycles. The summed E-state index contributed by atoms with van der Waals surface area (Å²) < 4.78 is 4.82. The zero-order valence-electron chi connectivity index (χ0n) is 10.1. The molecule has 1 N–H and O–H groups in total. The maximum Gasteiger partial charge on any atom is 0.323 e. The molecule has 1 atom stereocenters. The van der Waals surface area contributed by atoms with Gasteiger partial charge in [0, 0.05) is 32.6 Å². The molecule has 96 valence electrons. The summed E-state index contributed by atoms with van der Waals surface area (Å²) in [6.45, 7) is 4.05.